The molecule has 1 saturated carbocycles. The topological polar surface area (TPSA) is 55.0 Å². The highest BCUT2D eigenvalue weighted by molar-refractivity contribution is 5.25. The Labute approximate surface area is 213 Å². The number of piperazine rings is 1. The minimum absolute atomic E-state index is 0.205. The standard InChI is InChI=1S/C29H35N7/c1-2-6-25(7-3-1)21-35-23-30-32-29(35)28(34-18-16-33(17-19-34)27-8-4-9-27)20-24-10-12-26(13-11-24)22-36-15-5-14-31-36/h1-3,5-7,10-15,23,27-28H,4,8-9,16-22H2. The molecule has 3 heterocycles. The molecular weight excluding hydrogens is 446 g/mol. The van der Waals surface area contributed by atoms with Crippen LogP contribution in [0, 0.1) is 0 Å². The molecular formula is C29H35N7. The lowest BCUT2D eigenvalue weighted by atomic mass is 9.91. The van der Waals surface area contributed by atoms with E-state index in [9.17, 15) is 0 Å². The van der Waals surface area contributed by atoms with Crippen molar-refractivity contribution < 1.29 is 0 Å². The van der Waals surface area contributed by atoms with Crippen molar-refractivity contribution >= 4 is 0 Å². The molecule has 2 aromatic heterocycles. The molecule has 36 heavy (non-hydrogen) atoms. The monoisotopic (exact) mass is 481 g/mol. The van der Waals surface area contributed by atoms with Crippen LogP contribution in [0.3, 0.4) is 0 Å². The summed E-state index contributed by atoms with van der Waals surface area (Å²) in [5, 5.41) is 13.4. The van der Waals surface area contributed by atoms with Crippen LogP contribution in [-0.4, -0.2) is 66.6 Å². The summed E-state index contributed by atoms with van der Waals surface area (Å²) in [6.07, 6.45) is 10.8. The minimum Gasteiger partial charge on any atom is -0.312 e. The summed E-state index contributed by atoms with van der Waals surface area (Å²) in [6.45, 7) is 6.05. The lowest BCUT2D eigenvalue weighted by Crippen LogP contribution is -2.53. The van der Waals surface area contributed by atoms with Crippen LogP contribution < -0.4 is 0 Å². The summed E-state index contributed by atoms with van der Waals surface area (Å²) < 4.78 is 4.20. The van der Waals surface area contributed by atoms with Crippen molar-refractivity contribution in [1.82, 2.24) is 34.3 Å². The number of hydrogen-bond acceptors (Lipinski definition) is 5. The highest BCUT2D eigenvalue weighted by Crippen LogP contribution is 2.29. The largest absolute Gasteiger partial charge is 0.312 e. The van der Waals surface area contributed by atoms with Gasteiger partial charge in [-0.1, -0.05) is 61.0 Å². The number of benzene rings is 2. The van der Waals surface area contributed by atoms with Gasteiger partial charge in [-0.3, -0.25) is 14.5 Å². The molecule has 2 fully saturated rings. The summed E-state index contributed by atoms with van der Waals surface area (Å²) in [4.78, 5) is 5.34. The zero-order valence-electron chi connectivity index (χ0n) is 20.9. The number of nitrogens with zero attached hydrogens (tertiary/aromatic N) is 7. The van der Waals surface area contributed by atoms with Gasteiger partial charge in [0, 0.05) is 44.6 Å². The van der Waals surface area contributed by atoms with Gasteiger partial charge in [0.15, 0.2) is 5.82 Å². The second-order valence-electron chi connectivity index (χ2n) is 10.2. The summed E-state index contributed by atoms with van der Waals surface area (Å²) in [6, 6.07) is 22.6. The molecule has 186 valence electrons. The average Bonchev–Trinajstić information content (AvgIpc) is 3.56. The Hall–Kier alpha value is -3.29. The van der Waals surface area contributed by atoms with Gasteiger partial charge in [-0.05, 0) is 42.0 Å². The van der Waals surface area contributed by atoms with E-state index < -0.39 is 0 Å². The predicted octanol–water partition coefficient (Wildman–Crippen LogP) is 4.03. The van der Waals surface area contributed by atoms with Crippen molar-refractivity contribution in [2.45, 2.75) is 50.9 Å². The molecule has 0 bridgehead atoms. The number of aromatic nitrogens is 5. The number of rotatable bonds is 9. The van der Waals surface area contributed by atoms with Crippen molar-refractivity contribution in [1.29, 1.82) is 0 Å². The molecule has 1 atom stereocenters. The molecule has 1 saturated heterocycles. The quantitative estimate of drug-likeness (QED) is 0.361. The molecule has 0 amide bonds. The second-order valence-corrected chi connectivity index (χ2v) is 10.2. The third-order valence-electron chi connectivity index (χ3n) is 7.88. The molecule has 2 aliphatic rings. The Balaban J connectivity index is 1.21. The third kappa shape index (κ3) is 5.27. The van der Waals surface area contributed by atoms with Crippen LogP contribution in [0.25, 0.3) is 0 Å². The predicted molar refractivity (Wildman–Crippen MR) is 141 cm³/mol. The maximum Gasteiger partial charge on any atom is 0.150 e. The summed E-state index contributed by atoms with van der Waals surface area (Å²) in [7, 11) is 0. The van der Waals surface area contributed by atoms with E-state index in [2.05, 4.69) is 84.3 Å². The van der Waals surface area contributed by atoms with Crippen LogP contribution in [0.15, 0.2) is 79.4 Å². The molecule has 1 unspecified atom stereocenters. The van der Waals surface area contributed by atoms with E-state index in [-0.39, 0.29) is 6.04 Å². The highest BCUT2D eigenvalue weighted by atomic mass is 15.3. The van der Waals surface area contributed by atoms with Gasteiger partial charge >= 0.3 is 0 Å². The molecule has 1 aliphatic heterocycles. The molecule has 2 aromatic carbocycles. The Bertz CT molecular complexity index is 1200. The van der Waals surface area contributed by atoms with E-state index in [4.69, 9.17) is 0 Å². The molecule has 0 spiro atoms. The van der Waals surface area contributed by atoms with Gasteiger partial charge in [0.1, 0.15) is 6.33 Å². The normalized spacial score (nSPS) is 18.2. The Morgan fingerprint density at radius 2 is 1.56 bits per heavy atom. The Morgan fingerprint density at radius 3 is 2.25 bits per heavy atom. The van der Waals surface area contributed by atoms with E-state index in [1.165, 1.54) is 36.0 Å². The second kappa shape index (κ2) is 10.8. The summed E-state index contributed by atoms with van der Waals surface area (Å²) >= 11 is 0. The van der Waals surface area contributed by atoms with E-state index in [1.54, 1.807) is 0 Å². The smallest absolute Gasteiger partial charge is 0.150 e. The first-order valence-electron chi connectivity index (χ1n) is 13.3. The maximum atomic E-state index is 4.68. The Morgan fingerprint density at radius 1 is 0.806 bits per heavy atom. The maximum absolute atomic E-state index is 4.68. The lowest BCUT2D eigenvalue weighted by molar-refractivity contribution is 0.0397. The molecule has 7 nitrogen and oxygen atoms in total. The molecule has 7 heteroatoms. The zero-order chi connectivity index (χ0) is 24.2. The van der Waals surface area contributed by atoms with Crippen molar-refractivity contribution in [3.05, 3.63) is 102 Å². The first-order valence-corrected chi connectivity index (χ1v) is 13.3. The van der Waals surface area contributed by atoms with Gasteiger partial charge in [0.25, 0.3) is 0 Å². The van der Waals surface area contributed by atoms with Gasteiger partial charge in [0.2, 0.25) is 0 Å². The third-order valence-corrected chi connectivity index (χ3v) is 7.88. The van der Waals surface area contributed by atoms with E-state index in [0.717, 1.165) is 57.6 Å². The molecule has 0 N–H and O–H groups in total. The summed E-state index contributed by atoms with van der Waals surface area (Å²) in [5.41, 5.74) is 3.87. The van der Waals surface area contributed by atoms with Crippen LogP contribution in [0.1, 0.15) is 47.8 Å². The van der Waals surface area contributed by atoms with E-state index in [1.807, 2.05) is 29.5 Å². The van der Waals surface area contributed by atoms with Crippen LogP contribution in [0.2, 0.25) is 0 Å². The fraction of sp³-hybridized carbons (Fsp3) is 0.414. The van der Waals surface area contributed by atoms with Crippen molar-refractivity contribution in [3.8, 4) is 0 Å². The SMILES string of the molecule is c1ccc(Cn2cnnc2C(Cc2ccc(Cn3cccn3)cc2)N2CCN(C3CCC3)CC2)cc1. The summed E-state index contributed by atoms with van der Waals surface area (Å²) in [5.74, 6) is 1.07. The van der Waals surface area contributed by atoms with Gasteiger partial charge in [-0.15, -0.1) is 10.2 Å². The molecule has 4 aromatic rings. The van der Waals surface area contributed by atoms with E-state index in [0.29, 0.717) is 0 Å². The van der Waals surface area contributed by atoms with Crippen molar-refractivity contribution in [3.63, 3.8) is 0 Å². The fourth-order valence-electron chi connectivity index (χ4n) is 5.56. The van der Waals surface area contributed by atoms with Gasteiger partial charge in [-0.25, -0.2) is 0 Å². The first-order chi connectivity index (χ1) is 17.8. The fourth-order valence-corrected chi connectivity index (χ4v) is 5.56. The van der Waals surface area contributed by atoms with Crippen LogP contribution >= 0.6 is 0 Å². The van der Waals surface area contributed by atoms with Gasteiger partial charge < -0.3 is 4.57 Å². The molecule has 6 rings (SSSR count). The Kier molecular flexibility index (Phi) is 6.92. The first kappa shape index (κ1) is 23.1. The molecule has 1 aliphatic carbocycles. The highest BCUT2D eigenvalue weighted by Gasteiger charge is 2.32. The number of hydrogen-bond donors (Lipinski definition) is 0. The van der Waals surface area contributed by atoms with Crippen LogP contribution in [-0.2, 0) is 19.5 Å². The zero-order valence-corrected chi connectivity index (χ0v) is 20.9. The van der Waals surface area contributed by atoms with Crippen molar-refractivity contribution in [2.75, 3.05) is 26.2 Å². The van der Waals surface area contributed by atoms with E-state index >= 15 is 0 Å². The lowest BCUT2D eigenvalue weighted by Gasteiger charge is -2.44. The van der Waals surface area contributed by atoms with Crippen LogP contribution in [0.4, 0.5) is 0 Å². The van der Waals surface area contributed by atoms with Crippen LogP contribution in [0.5, 0.6) is 0 Å². The van der Waals surface area contributed by atoms with Gasteiger partial charge in [-0.2, -0.15) is 5.10 Å². The van der Waals surface area contributed by atoms with Gasteiger partial charge in [0.05, 0.1) is 19.1 Å². The minimum atomic E-state index is 0.205. The molecule has 0 radical (unpaired) electrons. The average molecular weight is 482 g/mol. The van der Waals surface area contributed by atoms with Crippen molar-refractivity contribution in [2.24, 2.45) is 0 Å².